The van der Waals surface area contributed by atoms with Crippen LogP contribution in [0.25, 0.3) is 0 Å². The molecule has 0 aliphatic rings. The van der Waals surface area contributed by atoms with E-state index >= 15 is 0 Å². The van der Waals surface area contributed by atoms with Crippen LogP contribution >= 0.6 is 0 Å². The third-order valence-corrected chi connectivity index (χ3v) is 3.67. The van der Waals surface area contributed by atoms with Gasteiger partial charge in [0.05, 0.1) is 6.61 Å². The molecule has 20 heavy (non-hydrogen) atoms. The second kappa shape index (κ2) is 7.05. The molecule has 1 rings (SSSR count). The summed E-state index contributed by atoms with van der Waals surface area (Å²) in [6.45, 7) is 3.41. The van der Waals surface area contributed by atoms with Crippen molar-refractivity contribution in [3.8, 4) is 0 Å². The molecular weight excluding hydrogens is 260 g/mol. The fourth-order valence-electron chi connectivity index (χ4n) is 2.26. The lowest BCUT2D eigenvalue weighted by Crippen LogP contribution is -2.47. The van der Waals surface area contributed by atoms with E-state index in [9.17, 15) is 19.8 Å². The number of benzene rings is 1. The molecule has 0 saturated carbocycles. The average molecular weight is 280 g/mol. The number of carbonyl (C=O) groups is 2. The van der Waals surface area contributed by atoms with E-state index in [1.807, 2.05) is 18.2 Å². The summed E-state index contributed by atoms with van der Waals surface area (Å²) < 4.78 is 5.42. The fraction of sp³-hybridized carbons (Fsp3) is 0.467. The van der Waals surface area contributed by atoms with Crippen molar-refractivity contribution in [2.24, 2.45) is 5.41 Å². The van der Waals surface area contributed by atoms with Crippen LogP contribution in [0, 0.1) is 5.41 Å². The molecule has 110 valence electrons. The minimum atomic E-state index is -1.40. The van der Waals surface area contributed by atoms with Crippen LogP contribution in [0.1, 0.15) is 32.3 Å². The molecule has 0 radical (unpaired) electrons. The zero-order chi connectivity index (χ0) is 15.2. The van der Waals surface area contributed by atoms with Crippen molar-refractivity contribution in [1.82, 2.24) is 0 Å². The minimum absolute atomic E-state index is 0.0762. The van der Waals surface area contributed by atoms with Gasteiger partial charge in [-0.15, -0.1) is 0 Å². The third-order valence-electron chi connectivity index (χ3n) is 3.67. The predicted molar refractivity (Wildman–Crippen MR) is 73.3 cm³/mol. The van der Waals surface area contributed by atoms with Gasteiger partial charge in [-0.1, -0.05) is 44.2 Å². The zero-order valence-corrected chi connectivity index (χ0v) is 11.7. The van der Waals surface area contributed by atoms with Crippen molar-refractivity contribution in [2.75, 3.05) is 0 Å². The Morgan fingerprint density at radius 3 is 2.10 bits per heavy atom. The number of carboxylic acids is 2. The number of carboxylic acid groups (broad SMARTS) is 2. The summed E-state index contributed by atoms with van der Waals surface area (Å²) in [5.41, 5.74) is -0.592. The summed E-state index contributed by atoms with van der Waals surface area (Å²) in [5.74, 6) is -2.38. The van der Waals surface area contributed by atoms with Gasteiger partial charge in [-0.3, -0.25) is 4.79 Å². The lowest BCUT2D eigenvalue weighted by atomic mass is 9.77. The molecular formula is C15H20O5. The summed E-state index contributed by atoms with van der Waals surface area (Å²) in [7, 11) is 0. The quantitative estimate of drug-likeness (QED) is 0.764. The van der Waals surface area contributed by atoms with Gasteiger partial charge in [0.25, 0.3) is 0 Å². The highest BCUT2D eigenvalue weighted by Gasteiger charge is 2.48. The SMILES string of the molecule is CCC(CC)(C(=O)O)C(OCc1ccccc1)C(=O)O. The molecule has 0 fully saturated rings. The Hall–Kier alpha value is -1.88. The van der Waals surface area contributed by atoms with E-state index in [4.69, 9.17) is 4.74 Å². The second-order valence-electron chi connectivity index (χ2n) is 4.68. The normalized spacial score (nSPS) is 12.9. The maximum atomic E-state index is 11.5. The first-order chi connectivity index (χ1) is 9.47. The molecule has 1 aromatic rings. The monoisotopic (exact) mass is 280 g/mol. The van der Waals surface area contributed by atoms with Crippen molar-refractivity contribution in [1.29, 1.82) is 0 Å². The second-order valence-corrected chi connectivity index (χ2v) is 4.68. The Balaban J connectivity index is 2.93. The predicted octanol–water partition coefficient (Wildman–Crippen LogP) is 2.55. The number of hydrogen-bond donors (Lipinski definition) is 2. The van der Waals surface area contributed by atoms with Crippen molar-refractivity contribution >= 4 is 11.9 Å². The van der Waals surface area contributed by atoms with E-state index in [2.05, 4.69) is 0 Å². The fourth-order valence-corrected chi connectivity index (χ4v) is 2.26. The van der Waals surface area contributed by atoms with Gasteiger partial charge in [0.2, 0.25) is 0 Å². The first kappa shape index (κ1) is 16.2. The van der Waals surface area contributed by atoms with E-state index < -0.39 is 23.5 Å². The first-order valence-electron chi connectivity index (χ1n) is 6.59. The standard InChI is InChI=1S/C15H20O5/c1-3-15(4-2,14(18)19)12(13(16)17)20-10-11-8-6-5-7-9-11/h5-9,12H,3-4,10H2,1-2H3,(H,16,17)(H,18,19). The molecule has 1 aromatic carbocycles. The molecule has 5 nitrogen and oxygen atoms in total. The lowest BCUT2D eigenvalue weighted by Gasteiger charge is -2.32. The Labute approximate surface area is 118 Å². The molecule has 0 aliphatic carbocycles. The van der Waals surface area contributed by atoms with E-state index in [1.54, 1.807) is 26.0 Å². The maximum absolute atomic E-state index is 11.5. The third kappa shape index (κ3) is 3.36. The molecule has 0 heterocycles. The van der Waals surface area contributed by atoms with Gasteiger partial charge in [-0.05, 0) is 18.4 Å². The molecule has 0 amide bonds. The molecule has 2 N–H and O–H groups in total. The van der Waals surface area contributed by atoms with Gasteiger partial charge in [-0.2, -0.15) is 0 Å². The van der Waals surface area contributed by atoms with Crippen LogP contribution in [0.4, 0.5) is 0 Å². The lowest BCUT2D eigenvalue weighted by molar-refractivity contribution is -0.178. The largest absolute Gasteiger partial charge is 0.481 e. The van der Waals surface area contributed by atoms with Crippen molar-refractivity contribution in [3.63, 3.8) is 0 Å². The van der Waals surface area contributed by atoms with Gasteiger partial charge in [0.1, 0.15) is 5.41 Å². The highest BCUT2D eigenvalue weighted by atomic mass is 16.5. The van der Waals surface area contributed by atoms with Gasteiger partial charge in [0.15, 0.2) is 6.10 Å². The van der Waals surface area contributed by atoms with Crippen molar-refractivity contribution in [3.05, 3.63) is 35.9 Å². The molecule has 0 aromatic heterocycles. The molecule has 5 heteroatoms. The van der Waals surface area contributed by atoms with Gasteiger partial charge < -0.3 is 14.9 Å². The van der Waals surface area contributed by atoms with Crippen LogP contribution in [0.15, 0.2) is 30.3 Å². The number of aliphatic carboxylic acids is 2. The summed E-state index contributed by atoms with van der Waals surface area (Å²) in [6.07, 6.45) is -0.968. The van der Waals surface area contributed by atoms with Gasteiger partial charge in [0, 0.05) is 0 Å². The zero-order valence-electron chi connectivity index (χ0n) is 11.7. The summed E-state index contributed by atoms with van der Waals surface area (Å²) in [4.78, 5) is 22.9. The van der Waals surface area contributed by atoms with E-state index in [1.165, 1.54) is 0 Å². The van der Waals surface area contributed by atoms with E-state index in [0.29, 0.717) is 0 Å². The van der Waals surface area contributed by atoms with Crippen LogP contribution in [0.3, 0.4) is 0 Å². The molecule has 0 saturated heterocycles. The van der Waals surface area contributed by atoms with Crippen LogP contribution in [-0.4, -0.2) is 28.3 Å². The van der Waals surface area contributed by atoms with E-state index in [0.717, 1.165) is 5.56 Å². The highest BCUT2D eigenvalue weighted by molar-refractivity contribution is 5.85. The van der Waals surface area contributed by atoms with Crippen molar-refractivity contribution in [2.45, 2.75) is 39.4 Å². The number of rotatable bonds is 8. The number of hydrogen-bond acceptors (Lipinski definition) is 3. The summed E-state index contributed by atoms with van der Waals surface area (Å²) in [5, 5.41) is 18.7. The van der Waals surface area contributed by atoms with Crippen LogP contribution < -0.4 is 0 Å². The van der Waals surface area contributed by atoms with Gasteiger partial charge >= 0.3 is 11.9 Å². The van der Waals surface area contributed by atoms with E-state index in [-0.39, 0.29) is 19.4 Å². The van der Waals surface area contributed by atoms with Crippen LogP contribution in [-0.2, 0) is 20.9 Å². The summed E-state index contributed by atoms with van der Waals surface area (Å²) >= 11 is 0. The maximum Gasteiger partial charge on any atom is 0.334 e. The Bertz CT molecular complexity index is 451. The Morgan fingerprint density at radius 2 is 1.70 bits per heavy atom. The Kier molecular flexibility index (Phi) is 5.70. The smallest absolute Gasteiger partial charge is 0.334 e. The molecule has 1 atom stereocenters. The topological polar surface area (TPSA) is 83.8 Å². The number of ether oxygens (including phenoxy) is 1. The highest BCUT2D eigenvalue weighted by Crippen LogP contribution is 2.34. The van der Waals surface area contributed by atoms with Crippen LogP contribution in [0.2, 0.25) is 0 Å². The molecule has 0 aliphatic heterocycles. The first-order valence-corrected chi connectivity index (χ1v) is 6.59. The molecule has 0 bridgehead atoms. The molecule has 1 unspecified atom stereocenters. The van der Waals surface area contributed by atoms with Crippen LogP contribution in [0.5, 0.6) is 0 Å². The van der Waals surface area contributed by atoms with Crippen molar-refractivity contribution < 1.29 is 24.5 Å². The summed E-state index contributed by atoms with van der Waals surface area (Å²) in [6, 6.07) is 9.09. The Morgan fingerprint density at radius 1 is 1.15 bits per heavy atom. The minimum Gasteiger partial charge on any atom is -0.481 e. The van der Waals surface area contributed by atoms with Gasteiger partial charge in [-0.25, -0.2) is 4.79 Å². The molecule has 0 spiro atoms. The average Bonchev–Trinajstić information content (AvgIpc) is 2.44.